The summed E-state index contributed by atoms with van der Waals surface area (Å²) in [6.45, 7) is 7.07. The fourth-order valence-corrected chi connectivity index (χ4v) is 4.49. The predicted octanol–water partition coefficient (Wildman–Crippen LogP) is 0.751. The molecule has 0 radical (unpaired) electrons. The standard InChI is InChI=1S/C6H15IN2Si/c1-3-5-9-6(7)8(4-2)10-9/h6H,3-5,10H2,1-2H3. The number of hydrogen-bond acceptors (Lipinski definition) is 2. The van der Waals surface area contributed by atoms with Crippen molar-refractivity contribution in [2.45, 2.75) is 24.4 Å². The van der Waals surface area contributed by atoms with Gasteiger partial charge in [0.2, 0.25) is 0 Å². The van der Waals surface area contributed by atoms with Gasteiger partial charge in [0.1, 0.15) is 4.17 Å². The zero-order valence-electron chi connectivity index (χ0n) is 6.68. The monoisotopic (exact) mass is 270 g/mol. The zero-order valence-corrected chi connectivity index (χ0v) is 10.2. The SMILES string of the molecule is CCCN1[SiH2]N(CC)C1I. The fraction of sp³-hybridized carbons (Fsp3) is 1.00. The molecular formula is C6H15IN2Si. The van der Waals surface area contributed by atoms with E-state index in [1.807, 2.05) is 0 Å². The van der Waals surface area contributed by atoms with E-state index in [0.29, 0.717) is 0 Å². The number of nitrogens with zero attached hydrogens (tertiary/aromatic N) is 2. The molecule has 0 aromatic heterocycles. The normalized spacial score (nSPS) is 30.9. The average molecular weight is 270 g/mol. The van der Waals surface area contributed by atoms with E-state index in [1.165, 1.54) is 19.5 Å². The van der Waals surface area contributed by atoms with Crippen LogP contribution in [0.3, 0.4) is 0 Å². The largest absolute Gasteiger partial charge is 0.294 e. The van der Waals surface area contributed by atoms with Crippen molar-refractivity contribution in [1.82, 2.24) is 9.13 Å². The lowest BCUT2D eigenvalue weighted by Gasteiger charge is -2.47. The van der Waals surface area contributed by atoms with Gasteiger partial charge >= 0.3 is 0 Å². The molecule has 0 aromatic rings. The van der Waals surface area contributed by atoms with E-state index >= 15 is 0 Å². The van der Waals surface area contributed by atoms with Gasteiger partial charge in [-0.25, -0.2) is 0 Å². The topological polar surface area (TPSA) is 6.48 Å². The van der Waals surface area contributed by atoms with Gasteiger partial charge in [0.05, 0.1) is 0 Å². The second-order valence-corrected chi connectivity index (χ2v) is 5.69. The minimum Gasteiger partial charge on any atom is -0.294 e. The lowest BCUT2D eigenvalue weighted by Crippen LogP contribution is -2.63. The summed E-state index contributed by atoms with van der Waals surface area (Å²) in [5.74, 6) is 0. The van der Waals surface area contributed by atoms with Crippen LogP contribution in [0.25, 0.3) is 0 Å². The smallest absolute Gasteiger partial charge is 0.176 e. The summed E-state index contributed by atoms with van der Waals surface area (Å²) in [5.41, 5.74) is 0. The number of alkyl halides is 1. The highest BCUT2D eigenvalue weighted by atomic mass is 127. The molecule has 4 heteroatoms. The molecule has 0 saturated carbocycles. The summed E-state index contributed by atoms with van der Waals surface area (Å²) in [6, 6.07) is 0. The van der Waals surface area contributed by atoms with Crippen molar-refractivity contribution in [1.29, 1.82) is 0 Å². The molecular weight excluding hydrogens is 255 g/mol. The molecule has 1 fully saturated rings. The van der Waals surface area contributed by atoms with E-state index in [0.717, 1.165) is 4.17 Å². The number of halogens is 1. The van der Waals surface area contributed by atoms with Gasteiger partial charge in [-0.1, -0.05) is 13.8 Å². The van der Waals surface area contributed by atoms with Crippen molar-refractivity contribution in [2.24, 2.45) is 0 Å². The van der Waals surface area contributed by atoms with Gasteiger partial charge in [-0.15, -0.1) is 0 Å². The second kappa shape index (κ2) is 4.03. The minimum atomic E-state index is 0.0336. The number of rotatable bonds is 3. The molecule has 0 aromatic carbocycles. The fourth-order valence-electron chi connectivity index (χ4n) is 1.22. The van der Waals surface area contributed by atoms with Crippen LogP contribution in [-0.4, -0.2) is 36.2 Å². The van der Waals surface area contributed by atoms with Crippen LogP contribution in [0.1, 0.15) is 20.3 Å². The van der Waals surface area contributed by atoms with Gasteiger partial charge in [0.25, 0.3) is 0 Å². The molecule has 2 nitrogen and oxygen atoms in total. The third-order valence-electron chi connectivity index (χ3n) is 1.88. The quantitative estimate of drug-likeness (QED) is 0.323. The highest BCUT2D eigenvalue weighted by Gasteiger charge is 2.31. The van der Waals surface area contributed by atoms with Crippen LogP contribution in [0.2, 0.25) is 0 Å². The summed E-state index contributed by atoms with van der Waals surface area (Å²) < 4.78 is 5.95. The molecule has 0 spiro atoms. The van der Waals surface area contributed by atoms with E-state index in [4.69, 9.17) is 0 Å². The summed E-state index contributed by atoms with van der Waals surface area (Å²) in [7, 11) is 0.0336. The van der Waals surface area contributed by atoms with Crippen LogP contribution in [0.4, 0.5) is 0 Å². The maximum absolute atomic E-state index is 2.63. The van der Waals surface area contributed by atoms with Crippen molar-refractivity contribution >= 4 is 32.4 Å². The van der Waals surface area contributed by atoms with Crippen molar-refractivity contribution < 1.29 is 0 Å². The van der Waals surface area contributed by atoms with Crippen LogP contribution in [0.5, 0.6) is 0 Å². The van der Waals surface area contributed by atoms with Crippen molar-refractivity contribution in [3.8, 4) is 0 Å². The maximum atomic E-state index is 2.63. The first kappa shape index (κ1) is 8.96. The van der Waals surface area contributed by atoms with Crippen LogP contribution in [-0.2, 0) is 0 Å². The Kier molecular flexibility index (Phi) is 3.61. The number of hydrogen-bond donors (Lipinski definition) is 0. The molecule has 0 aliphatic carbocycles. The Balaban J connectivity index is 2.18. The highest BCUT2D eigenvalue weighted by molar-refractivity contribution is 14.1. The molecule has 60 valence electrons. The second-order valence-electron chi connectivity index (χ2n) is 2.67. The third-order valence-corrected chi connectivity index (χ3v) is 7.13. The molecule has 1 aliphatic rings. The third kappa shape index (κ3) is 1.72. The minimum absolute atomic E-state index is 0.0336. The molecule has 1 aliphatic heterocycles. The van der Waals surface area contributed by atoms with E-state index in [1.54, 1.807) is 0 Å². The van der Waals surface area contributed by atoms with Crippen molar-refractivity contribution in [3.05, 3.63) is 0 Å². The molecule has 0 N–H and O–H groups in total. The highest BCUT2D eigenvalue weighted by Crippen LogP contribution is 2.21. The molecule has 1 unspecified atom stereocenters. The molecule has 10 heavy (non-hydrogen) atoms. The molecule has 0 amide bonds. The lowest BCUT2D eigenvalue weighted by molar-refractivity contribution is 0.190. The molecule has 1 rings (SSSR count). The Morgan fingerprint density at radius 2 is 2.10 bits per heavy atom. The van der Waals surface area contributed by atoms with Crippen molar-refractivity contribution in [3.63, 3.8) is 0 Å². The Hall–Kier alpha value is 0.867. The maximum Gasteiger partial charge on any atom is 0.176 e. The Labute approximate surface area is 79.1 Å². The lowest BCUT2D eigenvalue weighted by atomic mass is 10.5. The Bertz CT molecular complexity index is 112. The summed E-state index contributed by atoms with van der Waals surface area (Å²) in [6.07, 6.45) is 1.31. The van der Waals surface area contributed by atoms with Gasteiger partial charge in [-0.2, -0.15) is 0 Å². The van der Waals surface area contributed by atoms with Gasteiger partial charge in [-0.3, -0.25) is 9.13 Å². The van der Waals surface area contributed by atoms with E-state index in [2.05, 4.69) is 45.6 Å². The summed E-state index contributed by atoms with van der Waals surface area (Å²) in [4.78, 5) is 0. The average Bonchev–Trinajstić information content (AvgIpc) is 1.96. The van der Waals surface area contributed by atoms with Gasteiger partial charge in [-0.05, 0) is 42.1 Å². The molecule has 1 atom stereocenters. The van der Waals surface area contributed by atoms with Crippen LogP contribution < -0.4 is 0 Å². The summed E-state index contributed by atoms with van der Waals surface area (Å²) >= 11 is 2.53. The van der Waals surface area contributed by atoms with Crippen LogP contribution in [0, 0.1) is 0 Å². The first-order chi connectivity index (χ1) is 4.79. The van der Waals surface area contributed by atoms with Gasteiger partial charge in [0, 0.05) is 0 Å². The van der Waals surface area contributed by atoms with Crippen LogP contribution >= 0.6 is 22.6 Å². The van der Waals surface area contributed by atoms with Gasteiger partial charge in [0.15, 0.2) is 9.84 Å². The van der Waals surface area contributed by atoms with Crippen molar-refractivity contribution in [2.75, 3.05) is 13.1 Å². The molecule has 0 bridgehead atoms. The van der Waals surface area contributed by atoms with E-state index in [-0.39, 0.29) is 9.84 Å². The predicted molar refractivity (Wildman–Crippen MR) is 55.7 cm³/mol. The molecule has 1 heterocycles. The Morgan fingerprint density at radius 1 is 1.40 bits per heavy atom. The zero-order chi connectivity index (χ0) is 7.56. The first-order valence-corrected chi connectivity index (χ1v) is 6.42. The first-order valence-electron chi connectivity index (χ1n) is 3.91. The summed E-state index contributed by atoms with van der Waals surface area (Å²) in [5, 5.41) is 0. The van der Waals surface area contributed by atoms with Gasteiger partial charge < -0.3 is 0 Å². The molecule has 1 saturated heterocycles. The van der Waals surface area contributed by atoms with E-state index < -0.39 is 0 Å². The van der Waals surface area contributed by atoms with Crippen LogP contribution in [0.15, 0.2) is 0 Å². The van der Waals surface area contributed by atoms with E-state index in [9.17, 15) is 0 Å². The Morgan fingerprint density at radius 3 is 2.50 bits per heavy atom.